The highest BCUT2D eigenvalue weighted by molar-refractivity contribution is 14.0. The van der Waals surface area contributed by atoms with Gasteiger partial charge in [-0.2, -0.15) is 13.2 Å². The van der Waals surface area contributed by atoms with Crippen LogP contribution in [0.2, 0.25) is 0 Å². The predicted molar refractivity (Wildman–Crippen MR) is 122 cm³/mol. The second-order valence-electron chi connectivity index (χ2n) is 7.10. The van der Waals surface area contributed by atoms with Crippen LogP contribution in [0.4, 0.5) is 13.2 Å². The molecule has 170 valence electrons. The Balaban J connectivity index is 0.00000341. The third kappa shape index (κ3) is 7.00. The zero-order valence-corrected chi connectivity index (χ0v) is 19.6. The minimum Gasteiger partial charge on any atom is -0.368 e. The van der Waals surface area contributed by atoms with Gasteiger partial charge in [0, 0.05) is 45.4 Å². The van der Waals surface area contributed by atoms with Crippen molar-refractivity contribution in [2.45, 2.75) is 25.1 Å². The minimum absolute atomic E-state index is 0. The van der Waals surface area contributed by atoms with Gasteiger partial charge in [0.2, 0.25) is 0 Å². The number of rotatable bonds is 2. The van der Waals surface area contributed by atoms with Crippen LogP contribution in [-0.4, -0.2) is 74.1 Å². The smallest absolute Gasteiger partial charge is 0.368 e. The Morgan fingerprint density at radius 1 is 1.26 bits per heavy atom. The maximum Gasteiger partial charge on any atom is 0.416 e. The molecule has 0 radical (unpaired) electrons. The number of carbonyl (C=O) groups is 1. The number of halogens is 4. The molecule has 1 amide bonds. The molecule has 31 heavy (non-hydrogen) atoms. The van der Waals surface area contributed by atoms with Gasteiger partial charge in [0.15, 0.2) is 5.96 Å². The summed E-state index contributed by atoms with van der Waals surface area (Å²) in [6.07, 6.45) is -2.98. The third-order valence-electron chi connectivity index (χ3n) is 5.07. The van der Waals surface area contributed by atoms with Gasteiger partial charge in [0.1, 0.15) is 6.10 Å². The molecule has 0 saturated carbocycles. The molecule has 1 unspecified atom stereocenters. The van der Waals surface area contributed by atoms with Crippen molar-refractivity contribution in [3.05, 3.63) is 35.4 Å². The van der Waals surface area contributed by atoms with Crippen LogP contribution < -0.4 is 5.32 Å². The van der Waals surface area contributed by atoms with Crippen LogP contribution in [0.1, 0.15) is 24.0 Å². The lowest BCUT2D eigenvalue weighted by atomic mass is 10.1. The number of ether oxygens (including phenoxy) is 1. The quantitative estimate of drug-likeness (QED) is 0.267. The van der Waals surface area contributed by atoms with Crippen molar-refractivity contribution in [1.82, 2.24) is 15.1 Å². The number of amides is 1. The molecule has 3 rings (SSSR count). The van der Waals surface area contributed by atoms with Crippen molar-refractivity contribution >= 4 is 35.8 Å². The largest absolute Gasteiger partial charge is 0.416 e. The van der Waals surface area contributed by atoms with Crippen molar-refractivity contribution in [2.75, 3.05) is 46.4 Å². The molecule has 0 bridgehead atoms. The van der Waals surface area contributed by atoms with Crippen molar-refractivity contribution in [2.24, 2.45) is 4.99 Å². The molecule has 1 atom stereocenters. The number of hydrogen-bond donors (Lipinski definition) is 1. The number of hydrogen-bond acceptors (Lipinski definition) is 3. The lowest BCUT2D eigenvalue weighted by Crippen LogP contribution is -2.55. The molecule has 2 fully saturated rings. The summed E-state index contributed by atoms with van der Waals surface area (Å²) >= 11 is 0. The third-order valence-corrected chi connectivity index (χ3v) is 5.07. The van der Waals surface area contributed by atoms with Crippen molar-refractivity contribution in [1.29, 1.82) is 0 Å². The van der Waals surface area contributed by atoms with Gasteiger partial charge in [-0.1, -0.05) is 17.9 Å². The highest BCUT2D eigenvalue weighted by atomic mass is 127. The highest BCUT2D eigenvalue weighted by Gasteiger charge is 2.31. The first-order valence-electron chi connectivity index (χ1n) is 9.90. The normalized spacial score (nSPS) is 19.4. The van der Waals surface area contributed by atoms with E-state index in [0.717, 1.165) is 25.0 Å². The summed E-state index contributed by atoms with van der Waals surface area (Å²) in [6, 6.07) is 4.94. The second kappa shape index (κ2) is 11.6. The van der Waals surface area contributed by atoms with Crippen molar-refractivity contribution in [3.8, 4) is 11.8 Å². The molecule has 1 aromatic carbocycles. The minimum atomic E-state index is -4.38. The Labute approximate surface area is 197 Å². The second-order valence-corrected chi connectivity index (χ2v) is 7.10. The fourth-order valence-electron chi connectivity index (χ4n) is 3.49. The maximum atomic E-state index is 12.8. The van der Waals surface area contributed by atoms with Gasteiger partial charge in [-0.3, -0.25) is 9.79 Å². The van der Waals surface area contributed by atoms with Crippen LogP contribution in [0.3, 0.4) is 0 Å². The molecule has 6 nitrogen and oxygen atoms in total. The van der Waals surface area contributed by atoms with Gasteiger partial charge >= 0.3 is 6.18 Å². The summed E-state index contributed by atoms with van der Waals surface area (Å²) in [4.78, 5) is 20.5. The molecule has 0 aromatic heterocycles. The fraction of sp³-hybridized carbons (Fsp3) is 0.524. The van der Waals surface area contributed by atoms with Gasteiger partial charge in [-0.15, -0.1) is 24.0 Å². The molecular weight excluding hydrogens is 524 g/mol. The maximum absolute atomic E-state index is 12.8. The van der Waals surface area contributed by atoms with Crippen LogP contribution >= 0.6 is 24.0 Å². The van der Waals surface area contributed by atoms with Crippen LogP contribution in [0, 0.1) is 11.8 Å². The van der Waals surface area contributed by atoms with E-state index in [1.54, 1.807) is 13.1 Å². The number of nitrogens with one attached hydrogen (secondary N) is 1. The number of guanidine groups is 1. The number of nitrogens with zero attached hydrogens (tertiary/aromatic N) is 3. The lowest BCUT2D eigenvalue weighted by Gasteiger charge is -2.37. The Hall–Kier alpha value is -2.00. The number of alkyl halides is 3. The standard InChI is InChI=1S/C21H25F3N4O2.HI/c1-25-20(26-9-3-6-16-5-2-7-17(15-16)21(22,23)24)28-12-10-27(11-13-28)19(29)18-8-4-14-30-18;/h2,5,7,15,18H,4,8-14H2,1H3,(H,25,26);1H. The summed E-state index contributed by atoms with van der Waals surface area (Å²) in [5.74, 6) is 6.28. The first-order valence-corrected chi connectivity index (χ1v) is 9.90. The molecule has 2 aliphatic rings. The average molecular weight is 550 g/mol. The fourth-order valence-corrected chi connectivity index (χ4v) is 3.49. The van der Waals surface area contributed by atoms with Crippen LogP contribution in [-0.2, 0) is 15.7 Å². The molecule has 10 heteroatoms. The molecule has 0 aliphatic carbocycles. The number of benzene rings is 1. The lowest BCUT2D eigenvalue weighted by molar-refractivity contribution is -0.142. The van der Waals surface area contributed by atoms with Crippen LogP contribution in [0.15, 0.2) is 29.3 Å². The number of piperazine rings is 1. The van der Waals surface area contributed by atoms with Crippen LogP contribution in [0.5, 0.6) is 0 Å². The topological polar surface area (TPSA) is 57.2 Å². The van der Waals surface area contributed by atoms with Gasteiger partial charge in [0.05, 0.1) is 12.1 Å². The van der Waals surface area contributed by atoms with Crippen LogP contribution in [0.25, 0.3) is 0 Å². The van der Waals surface area contributed by atoms with Crippen molar-refractivity contribution < 1.29 is 22.7 Å². The Morgan fingerprint density at radius 2 is 1.97 bits per heavy atom. The molecule has 1 N–H and O–H groups in total. The molecule has 2 heterocycles. The summed E-state index contributed by atoms with van der Waals surface area (Å²) in [6.45, 7) is 3.36. The Kier molecular flexibility index (Phi) is 9.43. The first kappa shape index (κ1) is 25.3. The van der Waals surface area contributed by atoms with E-state index in [1.807, 2.05) is 9.80 Å². The number of carbonyl (C=O) groups excluding carboxylic acids is 1. The Morgan fingerprint density at radius 3 is 2.58 bits per heavy atom. The zero-order valence-electron chi connectivity index (χ0n) is 17.2. The highest BCUT2D eigenvalue weighted by Crippen LogP contribution is 2.29. The molecule has 2 aliphatic heterocycles. The van der Waals surface area contributed by atoms with E-state index in [1.165, 1.54) is 6.07 Å². The molecular formula is C21H26F3IN4O2. The van der Waals surface area contributed by atoms with E-state index in [9.17, 15) is 18.0 Å². The zero-order chi connectivity index (χ0) is 21.6. The molecule has 2 saturated heterocycles. The summed E-state index contributed by atoms with van der Waals surface area (Å²) < 4.78 is 43.8. The van der Waals surface area contributed by atoms with E-state index in [4.69, 9.17) is 4.74 Å². The molecule has 0 spiro atoms. The monoisotopic (exact) mass is 550 g/mol. The average Bonchev–Trinajstić information content (AvgIpc) is 3.28. The van der Waals surface area contributed by atoms with E-state index < -0.39 is 11.7 Å². The Bertz CT molecular complexity index is 837. The van der Waals surface area contributed by atoms with Gasteiger partial charge in [-0.05, 0) is 31.0 Å². The SMILES string of the molecule is CN=C(NCC#Cc1cccc(C(F)(F)F)c1)N1CCN(C(=O)C2CCCO2)CC1.I. The van der Waals surface area contributed by atoms with Gasteiger partial charge in [0.25, 0.3) is 5.91 Å². The summed E-state index contributed by atoms with van der Waals surface area (Å²) in [5.41, 5.74) is -0.406. The van der Waals surface area contributed by atoms with E-state index >= 15 is 0 Å². The van der Waals surface area contributed by atoms with Gasteiger partial charge in [-0.25, -0.2) is 0 Å². The first-order chi connectivity index (χ1) is 14.4. The van der Waals surface area contributed by atoms with E-state index in [-0.39, 0.29) is 42.5 Å². The number of aliphatic imine (C=N–C) groups is 1. The van der Waals surface area contributed by atoms with E-state index in [0.29, 0.717) is 44.3 Å². The van der Waals surface area contributed by atoms with Crippen molar-refractivity contribution in [3.63, 3.8) is 0 Å². The van der Waals surface area contributed by atoms with Gasteiger partial charge < -0.3 is 19.9 Å². The predicted octanol–water partition coefficient (Wildman–Crippen LogP) is 2.57. The summed E-state index contributed by atoms with van der Waals surface area (Å²) in [7, 11) is 1.66. The summed E-state index contributed by atoms with van der Waals surface area (Å²) in [5, 5.41) is 3.11. The van der Waals surface area contributed by atoms with E-state index in [2.05, 4.69) is 22.2 Å². The molecule has 1 aromatic rings.